The normalized spacial score (nSPS) is 38.1. The van der Waals surface area contributed by atoms with Gasteiger partial charge in [0, 0.05) is 19.3 Å². The Morgan fingerprint density at radius 1 is 1.29 bits per heavy atom. The summed E-state index contributed by atoms with van der Waals surface area (Å²) in [4.78, 5) is 0. The van der Waals surface area contributed by atoms with Crippen molar-refractivity contribution < 1.29 is 0 Å². The average Bonchev–Trinajstić information content (AvgIpc) is 2.47. The molecule has 0 aromatic heterocycles. The monoisotopic (exact) mass is 215 g/mol. The Morgan fingerprint density at radius 3 is 2.29 bits per heavy atom. The van der Waals surface area contributed by atoms with Crippen LogP contribution in [0.2, 0.25) is 0 Å². The number of hydrogen-bond donors (Lipinski definition) is 0. The molecule has 1 saturated heterocycles. The van der Waals surface area contributed by atoms with Crippen molar-refractivity contribution in [3.63, 3.8) is 0 Å². The van der Waals surface area contributed by atoms with Crippen LogP contribution in [-0.2, 0) is 0 Å². The van der Waals surface area contributed by atoms with Crippen molar-refractivity contribution >= 4 is 7.26 Å². The van der Waals surface area contributed by atoms with Gasteiger partial charge in [-0.05, 0) is 25.7 Å². The van der Waals surface area contributed by atoms with E-state index in [1.165, 1.54) is 25.4 Å². The van der Waals surface area contributed by atoms with Gasteiger partial charge in [0.1, 0.15) is 0 Å². The van der Waals surface area contributed by atoms with Crippen LogP contribution in [0.4, 0.5) is 0 Å². The smallest absolute Gasteiger partial charge is 0.0651 e. The molecule has 1 aliphatic heterocycles. The van der Waals surface area contributed by atoms with Crippen LogP contribution in [-0.4, -0.2) is 25.2 Å². The molecule has 1 heterocycles. The van der Waals surface area contributed by atoms with Crippen LogP contribution in [0.25, 0.3) is 0 Å². The van der Waals surface area contributed by atoms with Gasteiger partial charge in [0.25, 0.3) is 0 Å². The van der Waals surface area contributed by atoms with Crippen molar-refractivity contribution in [2.45, 2.75) is 47.0 Å². The van der Waals surface area contributed by atoms with Crippen LogP contribution >= 0.6 is 7.26 Å². The Hall–Kier alpha value is 0.430. The lowest BCUT2D eigenvalue weighted by Crippen LogP contribution is -2.27. The lowest BCUT2D eigenvalue weighted by Gasteiger charge is -2.32. The van der Waals surface area contributed by atoms with Gasteiger partial charge >= 0.3 is 0 Å². The molecule has 2 atom stereocenters. The quantitative estimate of drug-likeness (QED) is 0.606. The highest BCUT2D eigenvalue weighted by Crippen LogP contribution is 2.68. The average molecular weight is 215 g/mol. The molecule has 1 fully saturated rings. The fourth-order valence-electron chi connectivity index (χ4n) is 3.14. The molecule has 0 aromatic rings. The van der Waals surface area contributed by atoms with Crippen molar-refractivity contribution in [3.8, 4) is 0 Å². The first-order chi connectivity index (χ1) is 6.48. The van der Waals surface area contributed by atoms with E-state index in [-0.39, 0.29) is 0 Å². The minimum absolute atomic E-state index is 0.506. The molecule has 0 saturated carbocycles. The maximum Gasteiger partial charge on any atom is 0.0651 e. The molecular formula is C13H28P+. The molecule has 0 spiro atoms. The fourth-order valence-corrected chi connectivity index (χ4v) is 7.03. The summed E-state index contributed by atoms with van der Waals surface area (Å²) in [6, 6.07) is 0. The van der Waals surface area contributed by atoms with Crippen molar-refractivity contribution in [3.05, 3.63) is 0 Å². The highest BCUT2D eigenvalue weighted by Gasteiger charge is 2.50. The molecule has 0 aromatic carbocycles. The van der Waals surface area contributed by atoms with Crippen LogP contribution in [0, 0.1) is 11.3 Å². The third kappa shape index (κ3) is 2.32. The summed E-state index contributed by atoms with van der Waals surface area (Å²) in [7, 11) is -0.506. The molecule has 14 heavy (non-hydrogen) atoms. The van der Waals surface area contributed by atoms with E-state index in [0.717, 1.165) is 11.3 Å². The first-order valence-corrected chi connectivity index (χ1v) is 9.11. The zero-order valence-electron chi connectivity index (χ0n) is 10.8. The second-order valence-electron chi connectivity index (χ2n) is 5.83. The second-order valence-corrected chi connectivity index (χ2v) is 10.5. The molecule has 0 bridgehead atoms. The summed E-state index contributed by atoms with van der Waals surface area (Å²) < 4.78 is 0. The van der Waals surface area contributed by atoms with Gasteiger partial charge in [-0.25, -0.2) is 0 Å². The standard InChI is InChI=1S/C13H28P/c1-6-8-13(12(3)4)9-10-14(5,7-2)11-13/h12H,6-11H2,1-5H3/q+1. The van der Waals surface area contributed by atoms with Crippen molar-refractivity contribution in [2.75, 3.05) is 25.2 Å². The molecule has 0 radical (unpaired) electrons. The summed E-state index contributed by atoms with van der Waals surface area (Å²) in [6.45, 7) is 12.3. The fraction of sp³-hybridized carbons (Fsp3) is 1.00. The number of hydrogen-bond acceptors (Lipinski definition) is 0. The molecular weight excluding hydrogens is 187 g/mol. The van der Waals surface area contributed by atoms with Gasteiger partial charge in [-0.3, -0.25) is 0 Å². The van der Waals surface area contributed by atoms with E-state index < -0.39 is 7.26 Å². The first-order valence-electron chi connectivity index (χ1n) is 6.31. The van der Waals surface area contributed by atoms with Crippen LogP contribution in [0.3, 0.4) is 0 Å². The van der Waals surface area contributed by atoms with E-state index in [1.807, 2.05) is 0 Å². The van der Waals surface area contributed by atoms with Gasteiger partial charge in [0.2, 0.25) is 0 Å². The van der Waals surface area contributed by atoms with E-state index in [0.29, 0.717) is 0 Å². The molecule has 2 unspecified atom stereocenters. The third-order valence-electron chi connectivity index (χ3n) is 4.58. The van der Waals surface area contributed by atoms with Gasteiger partial charge in [0.15, 0.2) is 0 Å². The Balaban J connectivity index is 2.74. The highest BCUT2D eigenvalue weighted by atomic mass is 31.2. The van der Waals surface area contributed by atoms with Gasteiger partial charge in [-0.1, -0.05) is 27.2 Å². The Morgan fingerprint density at radius 2 is 1.93 bits per heavy atom. The van der Waals surface area contributed by atoms with E-state index in [9.17, 15) is 0 Å². The van der Waals surface area contributed by atoms with Crippen LogP contribution in [0.1, 0.15) is 47.0 Å². The van der Waals surface area contributed by atoms with Gasteiger partial charge < -0.3 is 0 Å². The summed E-state index contributed by atoms with van der Waals surface area (Å²) in [5, 5.41) is 0. The van der Waals surface area contributed by atoms with Crippen molar-refractivity contribution in [1.82, 2.24) is 0 Å². The lowest BCUT2D eigenvalue weighted by atomic mass is 9.74. The predicted molar refractivity (Wildman–Crippen MR) is 69.9 cm³/mol. The maximum atomic E-state index is 2.60. The molecule has 84 valence electrons. The van der Waals surface area contributed by atoms with E-state index in [2.05, 4.69) is 34.4 Å². The lowest BCUT2D eigenvalue weighted by molar-refractivity contribution is 0.206. The second kappa shape index (κ2) is 4.52. The largest absolute Gasteiger partial charge is 0.0654 e. The van der Waals surface area contributed by atoms with E-state index in [4.69, 9.17) is 0 Å². The van der Waals surface area contributed by atoms with E-state index in [1.54, 1.807) is 12.3 Å². The summed E-state index contributed by atoms with van der Waals surface area (Å²) in [5.41, 5.74) is 0.729. The predicted octanol–water partition coefficient (Wildman–Crippen LogP) is 4.50. The molecule has 1 aliphatic rings. The molecule has 1 heteroatoms. The Bertz CT molecular complexity index is 188. The SMILES string of the molecule is CCCC1(C(C)C)CC[P+](C)(CC)C1. The molecule has 1 rings (SSSR count). The molecule has 0 amide bonds. The van der Waals surface area contributed by atoms with Crippen molar-refractivity contribution in [1.29, 1.82) is 0 Å². The molecule has 0 aliphatic carbocycles. The topological polar surface area (TPSA) is 0 Å². The maximum absolute atomic E-state index is 2.60. The molecule has 0 N–H and O–H groups in total. The van der Waals surface area contributed by atoms with Crippen LogP contribution in [0.5, 0.6) is 0 Å². The van der Waals surface area contributed by atoms with Crippen LogP contribution < -0.4 is 0 Å². The van der Waals surface area contributed by atoms with Gasteiger partial charge in [-0.2, -0.15) is 0 Å². The van der Waals surface area contributed by atoms with E-state index >= 15 is 0 Å². The van der Waals surface area contributed by atoms with Gasteiger partial charge in [-0.15, -0.1) is 0 Å². The van der Waals surface area contributed by atoms with Gasteiger partial charge in [0.05, 0.1) is 18.5 Å². The summed E-state index contributed by atoms with van der Waals surface area (Å²) in [6.07, 6.45) is 9.01. The zero-order valence-corrected chi connectivity index (χ0v) is 11.7. The third-order valence-corrected chi connectivity index (χ3v) is 8.81. The molecule has 0 nitrogen and oxygen atoms in total. The highest BCUT2D eigenvalue weighted by molar-refractivity contribution is 7.75. The summed E-state index contributed by atoms with van der Waals surface area (Å²) in [5.74, 6) is 0.899. The minimum atomic E-state index is -0.506. The Kier molecular flexibility index (Phi) is 4.03. The zero-order chi connectivity index (χ0) is 10.8. The Labute approximate surface area is 91.2 Å². The van der Waals surface area contributed by atoms with Crippen molar-refractivity contribution in [2.24, 2.45) is 11.3 Å². The number of rotatable bonds is 4. The first kappa shape index (κ1) is 12.5. The summed E-state index contributed by atoms with van der Waals surface area (Å²) >= 11 is 0. The minimum Gasteiger partial charge on any atom is -0.0654 e. The van der Waals surface area contributed by atoms with Crippen LogP contribution in [0.15, 0.2) is 0 Å².